The number of imidazole rings is 1. The lowest BCUT2D eigenvalue weighted by Crippen LogP contribution is -2.46. The van der Waals surface area contributed by atoms with Crippen molar-refractivity contribution in [2.24, 2.45) is 5.41 Å². The van der Waals surface area contributed by atoms with E-state index >= 15 is 0 Å². The molecule has 0 saturated carbocycles. The Kier molecular flexibility index (Phi) is 19.7. The van der Waals surface area contributed by atoms with Gasteiger partial charge in [-0.05, 0) is 6.42 Å². The van der Waals surface area contributed by atoms with Gasteiger partial charge in [-0.15, -0.1) is 0 Å². The summed E-state index contributed by atoms with van der Waals surface area (Å²) in [5.41, 5.74) is 4.20. The number of nitrogens with two attached hydrogens (primary N) is 1. The molecule has 344 valence electrons. The summed E-state index contributed by atoms with van der Waals surface area (Å²) in [5, 5.41) is 25.8. The number of ether oxygens (including phenoxy) is 1. The van der Waals surface area contributed by atoms with E-state index in [4.69, 9.17) is 19.5 Å². The zero-order valence-corrected chi connectivity index (χ0v) is 36.6. The largest absolute Gasteiger partial charge is 0.481 e. The molecule has 0 spiro atoms. The van der Waals surface area contributed by atoms with Gasteiger partial charge < -0.3 is 50.9 Å². The molecule has 2 aromatic heterocycles. The highest BCUT2D eigenvalue weighted by Crippen LogP contribution is 2.61. The number of amides is 2. The maximum Gasteiger partial charge on any atom is 0.481 e. The van der Waals surface area contributed by atoms with Crippen molar-refractivity contribution in [2.45, 2.75) is 96.4 Å². The van der Waals surface area contributed by atoms with Crippen LogP contribution in [0.1, 0.15) is 71.9 Å². The summed E-state index contributed by atoms with van der Waals surface area (Å²) in [7, 11) is -16.5. The summed E-state index contributed by atoms with van der Waals surface area (Å²) in [4.78, 5) is 112. The van der Waals surface area contributed by atoms with Gasteiger partial charge in [-0.2, -0.15) is 4.31 Å². The second-order valence-corrected chi connectivity index (χ2v) is 19.6. The fourth-order valence-electron chi connectivity index (χ4n) is 5.45. The van der Waals surface area contributed by atoms with Crippen molar-refractivity contribution >= 4 is 80.7 Å². The van der Waals surface area contributed by atoms with Crippen LogP contribution in [0.2, 0.25) is 0 Å². The van der Waals surface area contributed by atoms with Crippen LogP contribution in [0.25, 0.3) is 11.2 Å². The summed E-state index contributed by atoms with van der Waals surface area (Å²) in [6.45, 7) is 2.15. The first-order valence-corrected chi connectivity index (χ1v) is 23.9. The van der Waals surface area contributed by atoms with E-state index in [9.17, 15) is 67.5 Å². The third-order valence-electron chi connectivity index (χ3n) is 8.56. The van der Waals surface area contributed by atoms with E-state index in [0.29, 0.717) is 12.8 Å². The highest BCUT2D eigenvalue weighted by molar-refractivity contribution is 8.13. The van der Waals surface area contributed by atoms with E-state index in [1.54, 1.807) is 0 Å². The van der Waals surface area contributed by atoms with Gasteiger partial charge in [0, 0.05) is 37.1 Å². The van der Waals surface area contributed by atoms with Gasteiger partial charge in [0.15, 0.2) is 22.8 Å². The van der Waals surface area contributed by atoms with E-state index in [1.807, 2.05) is 6.92 Å². The number of nitrogen functional groups attached to an aromatic ring is 1. The normalized spacial score (nSPS) is 20.7. The molecule has 2 aromatic rings. The van der Waals surface area contributed by atoms with Crippen LogP contribution in [0.5, 0.6) is 0 Å². The van der Waals surface area contributed by atoms with Crippen molar-refractivity contribution in [3.8, 4) is 0 Å². The number of rotatable bonds is 27. The smallest absolute Gasteiger partial charge is 0.386 e. The number of nitrogens with one attached hydrogen (secondary N) is 2. The van der Waals surface area contributed by atoms with E-state index in [1.165, 1.54) is 13.8 Å². The molecule has 26 nitrogen and oxygen atoms in total. The number of hydrogen-bond acceptors (Lipinski definition) is 20. The molecule has 0 radical (unpaired) electrons. The second kappa shape index (κ2) is 23.0. The minimum atomic E-state index is -5.60. The topological polar surface area (TPSA) is 398 Å². The molecule has 1 fully saturated rings. The molecule has 2 unspecified atom stereocenters. The number of thioether (sulfide) groups is 1. The first-order valence-electron chi connectivity index (χ1n) is 18.4. The van der Waals surface area contributed by atoms with Gasteiger partial charge in [0.2, 0.25) is 11.8 Å². The zero-order valence-electron chi connectivity index (χ0n) is 33.1. The average Bonchev–Trinajstić information content (AvgIpc) is 3.71. The Morgan fingerprint density at radius 2 is 1.66 bits per heavy atom. The van der Waals surface area contributed by atoms with Crippen molar-refractivity contribution in [2.75, 3.05) is 37.8 Å². The monoisotopic (exact) mass is 949 g/mol. The van der Waals surface area contributed by atoms with Crippen LogP contribution in [-0.4, -0.2) is 134 Å². The van der Waals surface area contributed by atoms with Crippen molar-refractivity contribution in [1.29, 1.82) is 0 Å². The van der Waals surface area contributed by atoms with E-state index in [-0.39, 0.29) is 54.4 Å². The minimum Gasteiger partial charge on any atom is -0.386 e. The van der Waals surface area contributed by atoms with Crippen molar-refractivity contribution in [1.82, 2.24) is 30.2 Å². The third kappa shape index (κ3) is 17.2. The Balaban J connectivity index is 1.42. The van der Waals surface area contributed by atoms with Gasteiger partial charge in [0.25, 0.3) is 0 Å². The Bertz CT molecular complexity index is 2020. The quantitative estimate of drug-likeness (QED) is 0.0327. The molecule has 30 heteroatoms. The van der Waals surface area contributed by atoms with Crippen molar-refractivity contribution in [3.63, 3.8) is 0 Å². The van der Waals surface area contributed by atoms with Crippen LogP contribution in [0.4, 0.5) is 5.82 Å². The maximum atomic E-state index is 12.7. The van der Waals surface area contributed by atoms with Gasteiger partial charge >= 0.3 is 23.5 Å². The molecular formula is C31H50N7O19P3S. The molecule has 1 aliphatic rings. The number of carbonyl (C=O) groups excluding carboxylic acids is 5. The number of hydrogen-bond donors (Lipinski definition) is 9. The number of aromatic nitrogens is 4. The second-order valence-electron chi connectivity index (χ2n) is 14.2. The molecule has 0 aliphatic carbocycles. The van der Waals surface area contributed by atoms with Crippen LogP contribution < -0.4 is 16.4 Å². The van der Waals surface area contributed by atoms with E-state index in [2.05, 4.69) is 34.4 Å². The first kappa shape index (κ1) is 52.2. The first-order chi connectivity index (χ1) is 28.3. The van der Waals surface area contributed by atoms with Crippen LogP contribution >= 0.6 is 35.2 Å². The number of phosphoric acid groups is 3. The summed E-state index contributed by atoms with van der Waals surface area (Å²) in [5.74, 6) is -2.14. The number of aliphatic hydroxyl groups excluding tert-OH is 2. The Hall–Kier alpha value is -3.10. The number of Topliss-reactive ketones (excluding diaryl/α,β-unsaturated/α-hetero) is 2. The number of carbonyl (C=O) groups is 5. The van der Waals surface area contributed by atoms with Crippen molar-refractivity contribution < 1.29 is 90.1 Å². The number of nitrogens with zero attached hydrogens (tertiary/aromatic N) is 4. The predicted octanol–water partition coefficient (Wildman–Crippen LogP) is 0.163. The Morgan fingerprint density at radius 3 is 2.33 bits per heavy atom. The fraction of sp³-hybridized carbons (Fsp3) is 0.677. The van der Waals surface area contributed by atoms with Gasteiger partial charge in [0.05, 0.1) is 32.4 Å². The summed E-state index contributed by atoms with van der Waals surface area (Å²) in [6, 6.07) is 0. The van der Waals surface area contributed by atoms with Gasteiger partial charge in [-0.3, -0.25) is 42.1 Å². The molecule has 1 aliphatic heterocycles. The SMILES string of the molecule is CCCCCC(=O)CC(=O)CC(=O)SCCNC(=O)CCNC(=O)[C@H](O)C(C)(C)COP(=O)(O)OP(=O)(O)OC[C@H]1O[C@@H](n2cnc3c(N)ncnc32)[C@H](O)[C@@H]1OP(=O)(O)O. The molecule has 1 saturated heterocycles. The maximum absolute atomic E-state index is 12.7. The zero-order chi connectivity index (χ0) is 45.8. The Morgan fingerprint density at radius 1 is 0.967 bits per heavy atom. The molecular weight excluding hydrogens is 899 g/mol. The molecule has 3 rings (SSSR count). The molecule has 7 atom stereocenters. The van der Waals surface area contributed by atoms with Gasteiger partial charge in [0.1, 0.15) is 47.8 Å². The highest BCUT2D eigenvalue weighted by atomic mass is 32.2. The average molecular weight is 950 g/mol. The standard InChI is InChI=1S/C31H50N7O19P3S/c1-4-5-6-7-18(39)12-19(40)13-22(42)61-11-10-33-21(41)8-9-34-29(45)26(44)31(2,3)15-54-60(51,52)57-59(49,50)53-14-20-25(56-58(46,47)48)24(43)30(55-20)38-17-37-23-27(32)35-16-36-28(23)38/h16-17,20,24-26,30,43-44H,4-15H2,1-3H3,(H,33,41)(H,34,45)(H,49,50)(H,51,52)(H2,32,35,36)(H2,46,47,48)/t20-,24-,25-,26+,30-/m1/s1. The predicted molar refractivity (Wildman–Crippen MR) is 210 cm³/mol. The number of aliphatic hydroxyl groups is 2. The minimum absolute atomic E-state index is 0.0188. The molecule has 10 N–H and O–H groups in total. The lowest BCUT2D eigenvalue weighted by atomic mass is 9.87. The number of phosphoric ester groups is 3. The van der Waals surface area contributed by atoms with E-state index < -0.39 is 102 Å². The number of anilines is 1. The molecule has 0 bridgehead atoms. The third-order valence-corrected chi connectivity index (χ3v) is 12.5. The highest BCUT2D eigenvalue weighted by Gasteiger charge is 2.50. The van der Waals surface area contributed by atoms with Gasteiger partial charge in [-0.25, -0.2) is 28.6 Å². The summed E-state index contributed by atoms with van der Waals surface area (Å²) < 4.78 is 62.1. The molecule has 2 amide bonds. The lowest BCUT2D eigenvalue weighted by Gasteiger charge is -2.30. The van der Waals surface area contributed by atoms with Crippen LogP contribution in [0, 0.1) is 5.41 Å². The van der Waals surface area contributed by atoms with Gasteiger partial charge in [-0.1, -0.05) is 45.4 Å². The number of fused-ring (bicyclic) bond motifs is 1. The lowest BCUT2D eigenvalue weighted by molar-refractivity contribution is -0.137. The Labute approximate surface area is 352 Å². The van der Waals surface area contributed by atoms with Crippen LogP contribution in [0.15, 0.2) is 12.7 Å². The number of unbranched alkanes of at least 4 members (excludes halogenated alkanes) is 2. The van der Waals surface area contributed by atoms with Crippen LogP contribution in [-0.2, 0) is 60.3 Å². The molecule has 3 heterocycles. The van der Waals surface area contributed by atoms with E-state index in [0.717, 1.165) is 41.8 Å². The van der Waals surface area contributed by atoms with Crippen molar-refractivity contribution in [3.05, 3.63) is 12.7 Å². The number of ketones is 2. The summed E-state index contributed by atoms with van der Waals surface area (Å²) >= 11 is 0.815. The summed E-state index contributed by atoms with van der Waals surface area (Å²) in [6.07, 6.45) is -5.03. The molecule has 0 aromatic carbocycles. The van der Waals surface area contributed by atoms with Crippen LogP contribution in [0.3, 0.4) is 0 Å². The fourth-order valence-corrected chi connectivity index (χ4v) is 8.97. The molecule has 61 heavy (non-hydrogen) atoms.